The lowest BCUT2D eigenvalue weighted by molar-refractivity contribution is -0.277. The molecule has 150 valence electrons. The molecule has 0 amide bonds. The van der Waals surface area contributed by atoms with Crippen molar-refractivity contribution < 1.29 is 49.6 Å². The molecule has 1 aromatic carbocycles. The molecule has 6 atom stereocenters. The summed E-state index contributed by atoms with van der Waals surface area (Å²) in [6.45, 7) is 0.362. The van der Waals surface area contributed by atoms with E-state index in [1.165, 1.54) is 6.07 Å². The quantitative estimate of drug-likeness (QED) is 0.324. The summed E-state index contributed by atoms with van der Waals surface area (Å²) >= 11 is 0. The Morgan fingerprint density at radius 3 is 2.52 bits per heavy atom. The maximum Gasteiger partial charge on any atom is 0.342 e. The zero-order valence-corrected chi connectivity index (χ0v) is 14.5. The molecule has 1 fully saturated rings. The van der Waals surface area contributed by atoms with Crippen LogP contribution in [0.25, 0.3) is 0 Å². The Balaban J connectivity index is 1.96. The third kappa shape index (κ3) is 3.47. The smallest absolute Gasteiger partial charge is 0.342 e. The SMILES string of the molecule is C[C@@H]1Cc2cc(O[C@@H]3O[C@H](CO)[C@@H](O)[C@H](O)[C@H]3O)c(CO)c(O)c2C(=O)O1. The molecule has 0 spiro atoms. The molecule has 27 heavy (non-hydrogen) atoms. The van der Waals surface area contributed by atoms with E-state index in [-0.39, 0.29) is 16.9 Å². The Bertz CT molecular complexity index is 718. The number of carbonyl (C=O) groups is 1. The first-order valence-electron chi connectivity index (χ1n) is 8.45. The van der Waals surface area contributed by atoms with E-state index in [0.29, 0.717) is 12.0 Å². The number of aromatic hydroxyl groups is 1. The first kappa shape index (κ1) is 19.8. The van der Waals surface area contributed by atoms with Crippen LogP contribution in [-0.4, -0.2) is 80.0 Å². The molecule has 2 heterocycles. The predicted molar refractivity (Wildman–Crippen MR) is 87.0 cm³/mol. The number of phenols is 1. The lowest BCUT2D eigenvalue weighted by atomic mass is 9.95. The summed E-state index contributed by atoms with van der Waals surface area (Å²) in [4.78, 5) is 12.0. The zero-order valence-electron chi connectivity index (χ0n) is 14.5. The minimum absolute atomic E-state index is 0.0695. The topological polar surface area (TPSA) is 166 Å². The third-order valence-corrected chi connectivity index (χ3v) is 4.72. The Kier molecular flexibility index (Phi) is 5.56. The van der Waals surface area contributed by atoms with Gasteiger partial charge < -0.3 is 44.8 Å². The van der Waals surface area contributed by atoms with Gasteiger partial charge in [-0.25, -0.2) is 4.79 Å². The second-order valence-corrected chi connectivity index (χ2v) is 6.63. The van der Waals surface area contributed by atoms with Crippen LogP contribution in [0.5, 0.6) is 11.5 Å². The fourth-order valence-corrected chi connectivity index (χ4v) is 3.27. The number of hydrogen-bond acceptors (Lipinski definition) is 10. The third-order valence-electron chi connectivity index (χ3n) is 4.72. The molecule has 10 heteroatoms. The van der Waals surface area contributed by atoms with Crippen molar-refractivity contribution in [2.24, 2.45) is 0 Å². The Morgan fingerprint density at radius 2 is 1.89 bits per heavy atom. The first-order chi connectivity index (χ1) is 12.8. The van der Waals surface area contributed by atoms with Crippen LogP contribution in [0.1, 0.15) is 28.4 Å². The van der Waals surface area contributed by atoms with Gasteiger partial charge in [0.2, 0.25) is 6.29 Å². The number of rotatable bonds is 4. The molecule has 0 aromatic heterocycles. The van der Waals surface area contributed by atoms with Gasteiger partial charge in [-0.2, -0.15) is 0 Å². The standard InChI is InChI=1S/C17H22O10/c1-6-2-7-3-9(8(4-18)12(20)11(7)16(24)25-6)26-17-15(23)14(22)13(21)10(5-19)27-17/h3,6,10,13-15,17-23H,2,4-5H2,1H3/t6-,10-,13-,14+,15-,17-/m1/s1. The van der Waals surface area contributed by atoms with Crippen molar-refractivity contribution in [1.82, 2.24) is 0 Å². The number of cyclic esters (lactones) is 1. The van der Waals surface area contributed by atoms with Crippen molar-refractivity contribution in [3.8, 4) is 11.5 Å². The molecule has 1 aromatic rings. The largest absolute Gasteiger partial charge is 0.507 e. The van der Waals surface area contributed by atoms with Gasteiger partial charge in [0.05, 0.1) is 18.8 Å². The van der Waals surface area contributed by atoms with Crippen molar-refractivity contribution >= 4 is 5.97 Å². The van der Waals surface area contributed by atoms with Gasteiger partial charge >= 0.3 is 5.97 Å². The molecule has 10 nitrogen and oxygen atoms in total. The van der Waals surface area contributed by atoms with E-state index in [0.717, 1.165) is 0 Å². The highest BCUT2D eigenvalue weighted by Gasteiger charge is 2.45. The molecule has 6 N–H and O–H groups in total. The van der Waals surface area contributed by atoms with Crippen LogP contribution >= 0.6 is 0 Å². The summed E-state index contributed by atoms with van der Waals surface area (Å²) in [5, 5.41) is 59.0. The number of esters is 1. The Hall–Kier alpha value is -1.95. The van der Waals surface area contributed by atoms with E-state index < -0.39 is 61.7 Å². The van der Waals surface area contributed by atoms with Crippen molar-refractivity contribution in [3.63, 3.8) is 0 Å². The number of benzene rings is 1. The van der Waals surface area contributed by atoms with Gasteiger partial charge in [-0.1, -0.05) is 0 Å². The number of fused-ring (bicyclic) bond motifs is 1. The van der Waals surface area contributed by atoms with Gasteiger partial charge in [0.1, 0.15) is 47.6 Å². The molecule has 1 saturated heterocycles. The number of ether oxygens (including phenoxy) is 3. The fourth-order valence-electron chi connectivity index (χ4n) is 3.27. The monoisotopic (exact) mass is 386 g/mol. The lowest BCUT2D eigenvalue weighted by Crippen LogP contribution is -2.60. The number of carbonyl (C=O) groups excluding carboxylic acids is 1. The number of hydrogen-bond donors (Lipinski definition) is 6. The molecule has 2 aliphatic rings. The highest BCUT2D eigenvalue weighted by atomic mass is 16.7. The first-order valence-corrected chi connectivity index (χ1v) is 8.45. The van der Waals surface area contributed by atoms with Gasteiger partial charge in [0.15, 0.2) is 0 Å². The van der Waals surface area contributed by atoms with Crippen LogP contribution in [0.15, 0.2) is 6.07 Å². The summed E-state index contributed by atoms with van der Waals surface area (Å²) in [7, 11) is 0. The average Bonchev–Trinajstić information content (AvgIpc) is 2.61. The van der Waals surface area contributed by atoms with Gasteiger partial charge in [-0.3, -0.25) is 0 Å². The number of aliphatic hydroxyl groups is 5. The van der Waals surface area contributed by atoms with Gasteiger partial charge in [-0.05, 0) is 18.6 Å². The predicted octanol–water partition coefficient (Wildman–Crippen LogP) is -1.84. The molecule has 0 bridgehead atoms. The van der Waals surface area contributed by atoms with E-state index in [1.54, 1.807) is 6.92 Å². The van der Waals surface area contributed by atoms with Gasteiger partial charge in [0, 0.05) is 6.42 Å². The van der Waals surface area contributed by atoms with Crippen LogP contribution in [0.3, 0.4) is 0 Å². The molecular weight excluding hydrogens is 364 g/mol. The van der Waals surface area contributed by atoms with E-state index in [4.69, 9.17) is 14.2 Å². The van der Waals surface area contributed by atoms with Gasteiger partial charge in [-0.15, -0.1) is 0 Å². The molecule has 0 saturated carbocycles. The van der Waals surface area contributed by atoms with E-state index in [1.807, 2.05) is 0 Å². The Labute approximate surface area is 154 Å². The lowest BCUT2D eigenvalue weighted by Gasteiger charge is -2.39. The summed E-state index contributed by atoms with van der Waals surface area (Å²) in [6.07, 6.45) is -7.63. The summed E-state index contributed by atoms with van der Waals surface area (Å²) in [5.74, 6) is -1.30. The van der Waals surface area contributed by atoms with Crippen LogP contribution < -0.4 is 4.74 Å². The number of aliphatic hydroxyl groups excluding tert-OH is 5. The summed E-state index contributed by atoms with van der Waals surface area (Å²) in [5.41, 5.74) is 0.226. The van der Waals surface area contributed by atoms with E-state index in [9.17, 15) is 35.4 Å². The maximum atomic E-state index is 12.0. The van der Waals surface area contributed by atoms with Crippen molar-refractivity contribution in [2.75, 3.05) is 6.61 Å². The minimum atomic E-state index is -1.66. The van der Waals surface area contributed by atoms with E-state index in [2.05, 4.69) is 0 Å². The summed E-state index contributed by atoms with van der Waals surface area (Å²) < 4.78 is 15.9. The molecule has 3 rings (SSSR count). The van der Waals surface area contributed by atoms with Crippen molar-refractivity contribution in [1.29, 1.82) is 0 Å². The van der Waals surface area contributed by atoms with Crippen molar-refractivity contribution in [2.45, 2.75) is 56.8 Å². The second-order valence-electron chi connectivity index (χ2n) is 6.63. The van der Waals surface area contributed by atoms with Gasteiger partial charge in [0.25, 0.3) is 0 Å². The average molecular weight is 386 g/mol. The molecule has 0 unspecified atom stereocenters. The molecule has 0 aliphatic carbocycles. The molecule has 2 aliphatic heterocycles. The zero-order chi connectivity index (χ0) is 19.9. The second kappa shape index (κ2) is 7.58. The minimum Gasteiger partial charge on any atom is -0.507 e. The highest BCUT2D eigenvalue weighted by molar-refractivity contribution is 5.96. The molecular formula is C17H22O10. The maximum absolute atomic E-state index is 12.0. The normalized spacial score (nSPS) is 33.3. The molecule has 0 radical (unpaired) electrons. The van der Waals surface area contributed by atoms with Crippen LogP contribution in [-0.2, 0) is 22.5 Å². The van der Waals surface area contributed by atoms with Crippen LogP contribution in [0.4, 0.5) is 0 Å². The van der Waals surface area contributed by atoms with Crippen molar-refractivity contribution in [3.05, 3.63) is 22.8 Å². The van der Waals surface area contributed by atoms with Crippen LogP contribution in [0, 0.1) is 0 Å². The fraction of sp³-hybridized carbons (Fsp3) is 0.588. The van der Waals surface area contributed by atoms with E-state index >= 15 is 0 Å². The van der Waals surface area contributed by atoms with Crippen LogP contribution in [0.2, 0.25) is 0 Å². The highest BCUT2D eigenvalue weighted by Crippen LogP contribution is 2.39. The summed E-state index contributed by atoms with van der Waals surface area (Å²) in [6, 6.07) is 1.42. The Morgan fingerprint density at radius 1 is 1.19 bits per heavy atom.